The molecule has 0 atom stereocenters. The summed E-state index contributed by atoms with van der Waals surface area (Å²) in [4.78, 5) is 22.7. The average Bonchev–Trinajstić information content (AvgIpc) is 2.37. The van der Waals surface area contributed by atoms with E-state index in [0.717, 1.165) is 12.8 Å². The molecule has 1 amide bonds. The Morgan fingerprint density at radius 3 is 2.70 bits per heavy atom. The summed E-state index contributed by atoms with van der Waals surface area (Å²) >= 11 is 0. The molecule has 6 nitrogen and oxygen atoms in total. The molecule has 0 aromatic heterocycles. The maximum Gasteiger partial charge on any atom is 0.282 e. The van der Waals surface area contributed by atoms with Gasteiger partial charge in [0.05, 0.1) is 4.92 Å². The van der Waals surface area contributed by atoms with Gasteiger partial charge in [0.15, 0.2) is 0 Å². The summed E-state index contributed by atoms with van der Waals surface area (Å²) in [6.07, 6.45) is 1.87. The molecule has 0 bridgehead atoms. The third-order valence-corrected chi connectivity index (χ3v) is 3.53. The standard InChI is InChI=1S/C14H19N3O3/c1-3-15-10-4-5-13(17(19)20)12(8-10)14(18)16-11-6-9(2)7-11/h4-5,8-9,11,15H,3,6-7H2,1-2H3,(H,16,18). The minimum absolute atomic E-state index is 0.119. The van der Waals surface area contributed by atoms with E-state index in [2.05, 4.69) is 17.6 Å². The number of nitrogens with one attached hydrogen (secondary N) is 2. The molecule has 1 saturated carbocycles. The van der Waals surface area contributed by atoms with E-state index >= 15 is 0 Å². The molecule has 1 fully saturated rings. The normalized spacial score (nSPS) is 20.9. The molecule has 1 aliphatic carbocycles. The molecule has 1 aromatic rings. The fourth-order valence-electron chi connectivity index (χ4n) is 2.47. The molecular weight excluding hydrogens is 258 g/mol. The van der Waals surface area contributed by atoms with Gasteiger partial charge in [0.1, 0.15) is 5.56 Å². The van der Waals surface area contributed by atoms with Gasteiger partial charge in [0, 0.05) is 24.3 Å². The molecular formula is C14H19N3O3. The molecule has 2 N–H and O–H groups in total. The second-order valence-electron chi connectivity index (χ2n) is 5.27. The van der Waals surface area contributed by atoms with E-state index in [9.17, 15) is 14.9 Å². The largest absolute Gasteiger partial charge is 0.385 e. The minimum Gasteiger partial charge on any atom is -0.385 e. The van der Waals surface area contributed by atoms with Crippen LogP contribution in [-0.4, -0.2) is 23.4 Å². The minimum atomic E-state index is -0.520. The molecule has 0 aliphatic heterocycles. The third-order valence-electron chi connectivity index (χ3n) is 3.53. The van der Waals surface area contributed by atoms with Crippen molar-refractivity contribution in [1.82, 2.24) is 5.32 Å². The number of nitro benzene ring substituents is 1. The summed E-state index contributed by atoms with van der Waals surface area (Å²) in [5.74, 6) is 0.247. The summed E-state index contributed by atoms with van der Waals surface area (Å²) < 4.78 is 0. The third kappa shape index (κ3) is 3.07. The SMILES string of the molecule is CCNc1ccc([N+](=O)[O-])c(C(=O)NC2CC(C)C2)c1. The average molecular weight is 277 g/mol. The van der Waals surface area contributed by atoms with Gasteiger partial charge in [0.25, 0.3) is 11.6 Å². The number of anilines is 1. The lowest BCUT2D eigenvalue weighted by atomic mass is 9.82. The van der Waals surface area contributed by atoms with Gasteiger partial charge in [-0.15, -0.1) is 0 Å². The smallest absolute Gasteiger partial charge is 0.282 e. The highest BCUT2D eigenvalue weighted by atomic mass is 16.6. The van der Waals surface area contributed by atoms with Gasteiger partial charge in [-0.05, 0) is 37.8 Å². The van der Waals surface area contributed by atoms with Crippen LogP contribution < -0.4 is 10.6 Å². The Kier molecular flexibility index (Phi) is 4.22. The molecule has 0 saturated heterocycles. The van der Waals surface area contributed by atoms with E-state index in [0.29, 0.717) is 18.2 Å². The number of benzene rings is 1. The topological polar surface area (TPSA) is 84.3 Å². The predicted octanol–water partition coefficient (Wildman–Crippen LogP) is 2.55. The number of hydrogen-bond donors (Lipinski definition) is 2. The Balaban J connectivity index is 2.19. The second kappa shape index (κ2) is 5.90. The first-order valence-corrected chi connectivity index (χ1v) is 6.84. The van der Waals surface area contributed by atoms with E-state index in [-0.39, 0.29) is 23.2 Å². The molecule has 6 heteroatoms. The summed E-state index contributed by atoms with van der Waals surface area (Å²) in [5.41, 5.74) is 0.676. The van der Waals surface area contributed by atoms with Crippen LogP contribution in [0.2, 0.25) is 0 Å². The second-order valence-corrected chi connectivity index (χ2v) is 5.27. The highest BCUT2D eigenvalue weighted by Crippen LogP contribution is 2.28. The first-order valence-electron chi connectivity index (χ1n) is 6.84. The number of amides is 1. The van der Waals surface area contributed by atoms with Crippen molar-refractivity contribution >= 4 is 17.3 Å². The molecule has 0 unspecified atom stereocenters. The summed E-state index contributed by atoms with van der Waals surface area (Å²) in [7, 11) is 0. The maximum atomic E-state index is 12.2. The maximum absolute atomic E-state index is 12.2. The lowest BCUT2D eigenvalue weighted by Crippen LogP contribution is -2.43. The first-order chi connectivity index (χ1) is 9.51. The van der Waals surface area contributed by atoms with Crippen LogP contribution in [0.5, 0.6) is 0 Å². The van der Waals surface area contributed by atoms with Crippen molar-refractivity contribution in [3.8, 4) is 0 Å². The molecule has 108 valence electrons. The van der Waals surface area contributed by atoms with Crippen LogP contribution in [0.25, 0.3) is 0 Å². The van der Waals surface area contributed by atoms with Crippen LogP contribution in [0.3, 0.4) is 0 Å². The van der Waals surface area contributed by atoms with Gasteiger partial charge in [-0.2, -0.15) is 0 Å². The number of carbonyl (C=O) groups excluding carboxylic acids is 1. The van der Waals surface area contributed by atoms with Crippen LogP contribution >= 0.6 is 0 Å². The molecule has 1 aliphatic rings. The van der Waals surface area contributed by atoms with Gasteiger partial charge in [-0.1, -0.05) is 6.92 Å². The Hall–Kier alpha value is -2.11. The monoisotopic (exact) mass is 277 g/mol. The summed E-state index contributed by atoms with van der Waals surface area (Å²) in [5, 5.41) is 16.9. The van der Waals surface area contributed by atoms with Crippen molar-refractivity contribution in [2.24, 2.45) is 5.92 Å². The zero-order chi connectivity index (χ0) is 14.7. The number of rotatable bonds is 5. The van der Waals surface area contributed by atoms with Gasteiger partial charge in [0.2, 0.25) is 0 Å². The van der Waals surface area contributed by atoms with E-state index in [1.807, 2.05) is 6.92 Å². The van der Waals surface area contributed by atoms with Crippen molar-refractivity contribution in [3.05, 3.63) is 33.9 Å². The van der Waals surface area contributed by atoms with Gasteiger partial charge < -0.3 is 10.6 Å². The van der Waals surface area contributed by atoms with E-state index in [4.69, 9.17) is 0 Å². The van der Waals surface area contributed by atoms with Gasteiger partial charge in [-0.25, -0.2) is 0 Å². The highest BCUT2D eigenvalue weighted by Gasteiger charge is 2.29. The fraction of sp³-hybridized carbons (Fsp3) is 0.500. The highest BCUT2D eigenvalue weighted by molar-refractivity contribution is 5.99. The van der Waals surface area contributed by atoms with Crippen molar-refractivity contribution in [1.29, 1.82) is 0 Å². The van der Waals surface area contributed by atoms with Crippen LogP contribution in [0.1, 0.15) is 37.0 Å². The molecule has 0 spiro atoms. The lowest BCUT2D eigenvalue weighted by molar-refractivity contribution is -0.385. The fourth-order valence-corrected chi connectivity index (χ4v) is 2.47. The Labute approximate surface area is 117 Å². The van der Waals surface area contributed by atoms with Crippen molar-refractivity contribution in [3.63, 3.8) is 0 Å². The number of carbonyl (C=O) groups is 1. The van der Waals surface area contributed by atoms with Gasteiger partial charge in [-0.3, -0.25) is 14.9 Å². The van der Waals surface area contributed by atoms with Gasteiger partial charge >= 0.3 is 0 Å². The lowest BCUT2D eigenvalue weighted by Gasteiger charge is -2.33. The molecule has 1 aromatic carbocycles. The number of hydrogen-bond acceptors (Lipinski definition) is 4. The van der Waals surface area contributed by atoms with Crippen LogP contribution in [0.4, 0.5) is 11.4 Å². The quantitative estimate of drug-likeness (QED) is 0.640. The van der Waals surface area contributed by atoms with E-state index in [1.54, 1.807) is 12.1 Å². The Morgan fingerprint density at radius 2 is 2.15 bits per heavy atom. The Bertz CT molecular complexity index is 524. The molecule has 2 rings (SSSR count). The predicted molar refractivity (Wildman–Crippen MR) is 76.9 cm³/mol. The molecule has 0 radical (unpaired) electrons. The van der Waals surface area contributed by atoms with Crippen molar-refractivity contribution in [2.75, 3.05) is 11.9 Å². The zero-order valence-electron chi connectivity index (χ0n) is 11.7. The first kappa shape index (κ1) is 14.3. The Morgan fingerprint density at radius 1 is 1.45 bits per heavy atom. The zero-order valence-corrected chi connectivity index (χ0v) is 11.7. The molecule has 20 heavy (non-hydrogen) atoms. The summed E-state index contributed by atoms with van der Waals surface area (Å²) in [6, 6.07) is 4.67. The van der Waals surface area contributed by atoms with Crippen LogP contribution in [0.15, 0.2) is 18.2 Å². The van der Waals surface area contributed by atoms with Crippen LogP contribution in [-0.2, 0) is 0 Å². The number of nitro groups is 1. The van der Waals surface area contributed by atoms with Crippen molar-refractivity contribution in [2.45, 2.75) is 32.7 Å². The van der Waals surface area contributed by atoms with E-state index in [1.165, 1.54) is 6.07 Å². The van der Waals surface area contributed by atoms with Crippen molar-refractivity contribution < 1.29 is 9.72 Å². The summed E-state index contributed by atoms with van der Waals surface area (Å²) in [6.45, 7) is 4.74. The van der Waals surface area contributed by atoms with Crippen LogP contribution in [0, 0.1) is 16.0 Å². The molecule has 0 heterocycles. The number of nitrogens with zero attached hydrogens (tertiary/aromatic N) is 1. The van der Waals surface area contributed by atoms with E-state index < -0.39 is 4.92 Å².